The lowest BCUT2D eigenvalue weighted by atomic mass is 10.0. The summed E-state index contributed by atoms with van der Waals surface area (Å²) < 4.78 is 5.15. The van der Waals surface area contributed by atoms with E-state index in [0.29, 0.717) is 13.2 Å². The van der Waals surface area contributed by atoms with Gasteiger partial charge in [0.15, 0.2) is 0 Å². The molecule has 0 radical (unpaired) electrons. The van der Waals surface area contributed by atoms with E-state index in [9.17, 15) is 5.11 Å². The zero-order valence-electron chi connectivity index (χ0n) is 8.39. The number of rotatable bonds is 5. The van der Waals surface area contributed by atoms with E-state index in [1.54, 1.807) is 0 Å². The average molecular weight is 195 g/mol. The minimum atomic E-state index is -0.650. The Balaban J connectivity index is 2.52. The van der Waals surface area contributed by atoms with Gasteiger partial charge in [0.2, 0.25) is 0 Å². The zero-order chi connectivity index (χ0) is 10.4. The van der Waals surface area contributed by atoms with Crippen LogP contribution in [0.1, 0.15) is 18.6 Å². The summed E-state index contributed by atoms with van der Waals surface area (Å²) in [6.07, 6.45) is -0.650. The van der Waals surface area contributed by atoms with Crippen LogP contribution in [0.3, 0.4) is 0 Å². The normalized spacial score (nSPS) is 15.1. The summed E-state index contributed by atoms with van der Waals surface area (Å²) >= 11 is 0. The molecule has 0 aliphatic rings. The Bertz CT molecular complexity index is 251. The molecule has 78 valence electrons. The van der Waals surface area contributed by atoms with Gasteiger partial charge >= 0.3 is 0 Å². The second-order valence-corrected chi connectivity index (χ2v) is 3.18. The summed E-state index contributed by atoms with van der Waals surface area (Å²) in [5.74, 6) is 0. The highest BCUT2D eigenvalue weighted by Crippen LogP contribution is 2.14. The third-order valence-electron chi connectivity index (χ3n) is 2.06. The maximum Gasteiger partial charge on any atom is 0.0963 e. The predicted molar refractivity (Wildman–Crippen MR) is 55.9 cm³/mol. The van der Waals surface area contributed by atoms with Crippen molar-refractivity contribution in [3.63, 3.8) is 0 Å². The number of aliphatic hydroxyl groups excluding tert-OH is 1. The summed E-state index contributed by atoms with van der Waals surface area (Å²) in [4.78, 5) is 0. The molecular formula is C11H17NO2. The van der Waals surface area contributed by atoms with Crippen LogP contribution in [0.5, 0.6) is 0 Å². The highest BCUT2D eigenvalue weighted by atomic mass is 16.5. The molecule has 0 aliphatic carbocycles. The van der Waals surface area contributed by atoms with E-state index >= 15 is 0 Å². The Morgan fingerprint density at radius 1 is 1.36 bits per heavy atom. The highest BCUT2D eigenvalue weighted by Gasteiger charge is 2.16. The van der Waals surface area contributed by atoms with E-state index in [0.717, 1.165) is 5.56 Å². The molecule has 0 saturated heterocycles. The molecule has 1 aromatic rings. The number of hydrogen-bond donors (Lipinski definition) is 2. The highest BCUT2D eigenvalue weighted by molar-refractivity contribution is 5.18. The van der Waals surface area contributed by atoms with Gasteiger partial charge in [-0.3, -0.25) is 0 Å². The molecule has 0 spiro atoms. The second-order valence-electron chi connectivity index (χ2n) is 3.18. The number of nitrogens with two attached hydrogens (primary N) is 1. The van der Waals surface area contributed by atoms with Crippen molar-refractivity contribution < 1.29 is 9.84 Å². The summed E-state index contributed by atoms with van der Waals surface area (Å²) in [5, 5.41) is 9.81. The van der Waals surface area contributed by atoms with Gasteiger partial charge < -0.3 is 15.6 Å². The molecule has 3 nitrogen and oxygen atoms in total. The van der Waals surface area contributed by atoms with Crippen LogP contribution in [0.2, 0.25) is 0 Å². The van der Waals surface area contributed by atoms with E-state index in [1.807, 2.05) is 37.3 Å². The van der Waals surface area contributed by atoms with Crippen molar-refractivity contribution in [3.8, 4) is 0 Å². The van der Waals surface area contributed by atoms with Crippen LogP contribution >= 0.6 is 0 Å². The molecule has 0 aliphatic heterocycles. The molecule has 0 aromatic heterocycles. The first kappa shape index (κ1) is 11.2. The van der Waals surface area contributed by atoms with Gasteiger partial charge in [0, 0.05) is 6.61 Å². The third kappa shape index (κ3) is 3.10. The maximum atomic E-state index is 9.81. The minimum absolute atomic E-state index is 0.364. The van der Waals surface area contributed by atoms with E-state index < -0.39 is 6.10 Å². The number of benzene rings is 1. The summed E-state index contributed by atoms with van der Waals surface area (Å²) in [6.45, 7) is 2.91. The number of aliphatic hydroxyl groups is 1. The smallest absolute Gasteiger partial charge is 0.0963 e. The van der Waals surface area contributed by atoms with Crippen molar-refractivity contribution in [2.24, 2.45) is 5.73 Å². The number of ether oxygens (including phenoxy) is 1. The zero-order valence-corrected chi connectivity index (χ0v) is 8.39. The van der Waals surface area contributed by atoms with Crippen molar-refractivity contribution in [1.82, 2.24) is 0 Å². The van der Waals surface area contributed by atoms with Crippen LogP contribution in [0.25, 0.3) is 0 Å². The Morgan fingerprint density at radius 3 is 2.57 bits per heavy atom. The summed E-state index contributed by atoms with van der Waals surface area (Å²) in [7, 11) is 0. The van der Waals surface area contributed by atoms with Crippen molar-refractivity contribution in [2.45, 2.75) is 19.1 Å². The fourth-order valence-corrected chi connectivity index (χ4v) is 1.24. The van der Waals surface area contributed by atoms with Crippen LogP contribution in [0.4, 0.5) is 0 Å². The van der Waals surface area contributed by atoms with Crippen molar-refractivity contribution >= 4 is 0 Å². The lowest BCUT2D eigenvalue weighted by molar-refractivity contribution is 0.0681. The monoisotopic (exact) mass is 195 g/mol. The SMILES string of the molecule is CCOC[C@H](N)[C@@H](O)c1ccccc1. The first-order chi connectivity index (χ1) is 6.75. The van der Waals surface area contributed by atoms with Gasteiger partial charge in [-0.15, -0.1) is 0 Å². The predicted octanol–water partition coefficient (Wildman–Crippen LogP) is 1.08. The minimum Gasteiger partial charge on any atom is -0.387 e. The van der Waals surface area contributed by atoms with E-state index in [4.69, 9.17) is 10.5 Å². The van der Waals surface area contributed by atoms with E-state index in [1.165, 1.54) is 0 Å². The molecule has 0 saturated carbocycles. The second kappa shape index (κ2) is 5.75. The maximum absolute atomic E-state index is 9.81. The fourth-order valence-electron chi connectivity index (χ4n) is 1.24. The Hall–Kier alpha value is -0.900. The lowest BCUT2D eigenvalue weighted by Gasteiger charge is -2.18. The largest absolute Gasteiger partial charge is 0.387 e. The van der Waals surface area contributed by atoms with Gasteiger partial charge in [0.05, 0.1) is 18.8 Å². The van der Waals surface area contributed by atoms with Gasteiger partial charge in [-0.25, -0.2) is 0 Å². The first-order valence-corrected chi connectivity index (χ1v) is 4.82. The van der Waals surface area contributed by atoms with E-state index in [2.05, 4.69) is 0 Å². The Morgan fingerprint density at radius 2 is 2.00 bits per heavy atom. The van der Waals surface area contributed by atoms with Gasteiger partial charge in [0.1, 0.15) is 0 Å². The van der Waals surface area contributed by atoms with Crippen LogP contribution in [-0.4, -0.2) is 24.4 Å². The molecule has 3 heteroatoms. The van der Waals surface area contributed by atoms with E-state index in [-0.39, 0.29) is 6.04 Å². The van der Waals surface area contributed by atoms with Crippen LogP contribution in [-0.2, 0) is 4.74 Å². The first-order valence-electron chi connectivity index (χ1n) is 4.82. The third-order valence-corrected chi connectivity index (χ3v) is 2.06. The lowest BCUT2D eigenvalue weighted by Crippen LogP contribution is -2.33. The molecule has 2 atom stereocenters. The van der Waals surface area contributed by atoms with Crippen LogP contribution in [0, 0.1) is 0 Å². The molecule has 3 N–H and O–H groups in total. The molecule has 0 fully saturated rings. The average Bonchev–Trinajstić information content (AvgIpc) is 2.26. The standard InChI is InChI=1S/C11H17NO2/c1-2-14-8-10(12)11(13)9-6-4-3-5-7-9/h3-7,10-11,13H,2,8,12H2,1H3/t10-,11-/m0/s1. The molecule has 1 aromatic carbocycles. The topological polar surface area (TPSA) is 55.5 Å². The molecule has 14 heavy (non-hydrogen) atoms. The van der Waals surface area contributed by atoms with Crippen LogP contribution < -0.4 is 5.73 Å². The van der Waals surface area contributed by atoms with Crippen molar-refractivity contribution in [2.75, 3.05) is 13.2 Å². The summed E-state index contributed by atoms with van der Waals surface area (Å²) in [6, 6.07) is 9.02. The quantitative estimate of drug-likeness (QED) is 0.739. The molecule has 0 unspecified atom stereocenters. The molecule has 0 heterocycles. The van der Waals surface area contributed by atoms with Gasteiger partial charge in [-0.2, -0.15) is 0 Å². The van der Waals surface area contributed by atoms with Gasteiger partial charge in [-0.05, 0) is 12.5 Å². The number of hydrogen-bond acceptors (Lipinski definition) is 3. The Kier molecular flexibility index (Phi) is 4.59. The molecule has 1 rings (SSSR count). The van der Waals surface area contributed by atoms with Crippen LogP contribution in [0.15, 0.2) is 30.3 Å². The van der Waals surface area contributed by atoms with Crippen molar-refractivity contribution in [1.29, 1.82) is 0 Å². The molecule has 0 bridgehead atoms. The Labute approximate surface area is 84.5 Å². The summed E-state index contributed by atoms with van der Waals surface area (Å²) in [5.41, 5.74) is 6.59. The molecular weight excluding hydrogens is 178 g/mol. The van der Waals surface area contributed by atoms with Gasteiger partial charge in [0.25, 0.3) is 0 Å². The fraction of sp³-hybridized carbons (Fsp3) is 0.455. The van der Waals surface area contributed by atoms with Crippen molar-refractivity contribution in [3.05, 3.63) is 35.9 Å². The van der Waals surface area contributed by atoms with Gasteiger partial charge in [-0.1, -0.05) is 30.3 Å². The molecule has 0 amide bonds.